The Hall–Kier alpha value is -0.120. The number of aliphatic hydroxyl groups is 1. The van der Waals surface area contributed by atoms with Gasteiger partial charge in [0.2, 0.25) is 0 Å². The minimum atomic E-state index is -0.245. The molecule has 0 amide bonds. The molecule has 1 saturated heterocycles. The number of methoxy groups -OCH3 is 1. The molecule has 1 aliphatic carbocycles. The second-order valence-corrected chi connectivity index (χ2v) is 4.99. The molecule has 15 heavy (non-hydrogen) atoms. The Balaban J connectivity index is 1.82. The number of hydrogen-bond donors (Lipinski definition) is 1. The summed E-state index contributed by atoms with van der Waals surface area (Å²) in [6.45, 7) is 1.58. The third-order valence-electron chi connectivity index (χ3n) is 4.02. The lowest BCUT2D eigenvalue weighted by atomic mass is 9.74. The first-order valence-corrected chi connectivity index (χ1v) is 6.07. The van der Waals surface area contributed by atoms with Crippen molar-refractivity contribution < 1.29 is 14.6 Å². The topological polar surface area (TPSA) is 38.7 Å². The fraction of sp³-hybridized carbons (Fsp3) is 1.00. The number of aliphatic hydroxyl groups excluding tert-OH is 1. The number of rotatable bonds is 4. The van der Waals surface area contributed by atoms with E-state index in [1.165, 1.54) is 6.42 Å². The van der Waals surface area contributed by atoms with Gasteiger partial charge in [-0.2, -0.15) is 0 Å². The fourth-order valence-electron chi connectivity index (χ4n) is 2.68. The predicted molar refractivity (Wildman–Crippen MR) is 57.8 cm³/mol. The molecule has 1 saturated carbocycles. The molecule has 1 N–H and O–H groups in total. The van der Waals surface area contributed by atoms with Crippen molar-refractivity contribution in [3.63, 3.8) is 0 Å². The zero-order valence-corrected chi connectivity index (χ0v) is 9.58. The van der Waals surface area contributed by atoms with Gasteiger partial charge in [0.25, 0.3) is 0 Å². The Morgan fingerprint density at radius 3 is 2.73 bits per heavy atom. The maximum Gasteiger partial charge on any atom is 0.0703 e. The molecule has 2 atom stereocenters. The quantitative estimate of drug-likeness (QED) is 0.774. The van der Waals surface area contributed by atoms with Crippen LogP contribution in [0, 0.1) is 5.92 Å². The molecule has 0 aromatic heterocycles. The molecule has 2 aliphatic rings. The molecule has 0 aromatic rings. The van der Waals surface area contributed by atoms with Crippen LogP contribution in [0.3, 0.4) is 0 Å². The van der Waals surface area contributed by atoms with Gasteiger partial charge in [0.15, 0.2) is 0 Å². The Morgan fingerprint density at radius 2 is 2.27 bits per heavy atom. The van der Waals surface area contributed by atoms with Crippen molar-refractivity contribution >= 4 is 0 Å². The van der Waals surface area contributed by atoms with Gasteiger partial charge in [-0.3, -0.25) is 0 Å². The molecule has 88 valence electrons. The van der Waals surface area contributed by atoms with E-state index in [-0.39, 0.29) is 11.7 Å². The van der Waals surface area contributed by atoms with Gasteiger partial charge in [-0.25, -0.2) is 0 Å². The molecule has 0 aromatic carbocycles. The van der Waals surface area contributed by atoms with Gasteiger partial charge in [-0.05, 0) is 32.1 Å². The average Bonchev–Trinajstić information content (AvgIpc) is 2.24. The third kappa shape index (κ3) is 2.52. The maximum absolute atomic E-state index is 10.1. The molecule has 1 heterocycles. The van der Waals surface area contributed by atoms with E-state index in [1.807, 2.05) is 0 Å². The Morgan fingerprint density at radius 1 is 1.47 bits per heavy atom. The van der Waals surface area contributed by atoms with Crippen molar-refractivity contribution in [2.24, 2.45) is 5.92 Å². The second kappa shape index (κ2) is 4.81. The molecule has 0 spiro atoms. The van der Waals surface area contributed by atoms with Crippen molar-refractivity contribution in [2.75, 3.05) is 20.3 Å². The van der Waals surface area contributed by atoms with E-state index in [2.05, 4.69) is 0 Å². The van der Waals surface area contributed by atoms with Gasteiger partial charge in [0, 0.05) is 26.1 Å². The lowest BCUT2D eigenvalue weighted by molar-refractivity contribution is -0.116. The lowest BCUT2D eigenvalue weighted by Gasteiger charge is -2.43. The summed E-state index contributed by atoms with van der Waals surface area (Å²) in [5, 5.41) is 10.1. The number of hydrogen-bond acceptors (Lipinski definition) is 3. The highest BCUT2D eigenvalue weighted by atomic mass is 16.5. The SMILES string of the molecule is COC1(CC(O)C2CCCOC2)CCC1. The zero-order valence-electron chi connectivity index (χ0n) is 9.58. The van der Waals surface area contributed by atoms with Crippen molar-refractivity contribution in [1.29, 1.82) is 0 Å². The van der Waals surface area contributed by atoms with E-state index in [9.17, 15) is 5.11 Å². The molecule has 2 fully saturated rings. The predicted octanol–water partition coefficient (Wildman–Crippen LogP) is 1.73. The molecular formula is C12H22O3. The average molecular weight is 214 g/mol. The summed E-state index contributed by atoms with van der Waals surface area (Å²) in [6, 6.07) is 0. The summed E-state index contributed by atoms with van der Waals surface area (Å²) in [5.74, 6) is 0.325. The van der Waals surface area contributed by atoms with E-state index < -0.39 is 0 Å². The van der Waals surface area contributed by atoms with Crippen molar-refractivity contribution in [3.05, 3.63) is 0 Å². The molecule has 3 nitrogen and oxygen atoms in total. The summed E-state index contributed by atoms with van der Waals surface area (Å²) in [5.41, 5.74) is -0.0170. The lowest BCUT2D eigenvalue weighted by Crippen LogP contribution is -2.44. The number of ether oxygens (including phenoxy) is 2. The van der Waals surface area contributed by atoms with Crippen LogP contribution in [0.4, 0.5) is 0 Å². The van der Waals surface area contributed by atoms with Crippen molar-refractivity contribution in [1.82, 2.24) is 0 Å². The first-order chi connectivity index (χ1) is 7.26. The molecule has 3 heteroatoms. The van der Waals surface area contributed by atoms with E-state index in [1.54, 1.807) is 7.11 Å². The molecule has 0 bridgehead atoms. The van der Waals surface area contributed by atoms with E-state index >= 15 is 0 Å². The Kier molecular flexibility index (Phi) is 3.65. The highest BCUT2D eigenvalue weighted by Crippen LogP contribution is 2.40. The maximum atomic E-state index is 10.1. The minimum Gasteiger partial charge on any atom is -0.393 e. The summed E-state index contributed by atoms with van der Waals surface area (Å²) in [4.78, 5) is 0. The first kappa shape index (κ1) is 11.4. The van der Waals surface area contributed by atoms with E-state index in [4.69, 9.17) is 9.47 Å². The van der Waals surface area contributed by atoms with Gasteiger partial charge in [0.05, 0.1) is 18.3 Å². The highest BCUT2D eigenvalue weighted by Gasteiger charge is 2.40. The molecular weight excluding hydrogens is 192 g/mol. The molecule has 2 unspecified atom stereocenters. The first-order valence-electron chi connectivity index (χ1n) is 6.07. The van der Waals surface area contributed by atoms with Crippen LogP contribution in [0.25, 0.3) is 0 Å². The van der Waals surface area contributed by atoms with Gasteiger partial charge in [0.1, 0.15) is 0 Å². The van der Waals surface area contributed by atoms with Gasteiger partial charge in [-0.15, -0.1) is 0 Å². The van der Waals surface area contributed by atoms with Crippen molar-refractivity contribution in [2.45, 2.75) is 50.2 Å². The summed E-state index contributed by atoms with van der Waals surface area (Å²) < 4.78 is 10.9. The molecule has 2 rings (SSSR count). The minimum absolute atomic E-state index is 0.0170. The van der Waals surface area contributed by atoms with E-state index in [0.29, 0.717) is 5.92 Å². The summed E-state index contributed by atoms with van der Waals surface area (Å²) in [6.07, 6.45) is 6.18. The van der Waals surface area contributed by atoms with E-state index in [0.717, 1.165) is 45.3 Å². The normalized spacial score (nSPS) is 32.0. The fourth-order valence-corrected chi connectivity index (χ4v) is 2.68. The summed E-state index contributed by atoms with van der Waals surface area (Å²) >= 11 is 0. The van der Waals surface area contributed by atoms with Gasteiger partial charge in [-0.1, -0.05) is 0 Å². The van der Waals surface area contributed by atoms with Crippen LogP contribution in [-0.4, -0.2) is 37.1 Å². The Labute approximate surface area is 91.8 Å². The van der Waals surface area contributed by atoms with Gasteiger partial charge < -0.3 is 14.6 Å². The summed E-state index contributed by atoms with van der Waals surface area (Å²) in [7, 11) is 1.77. The Bertz CT molecular complexity index is 190. The third-order valence-corrected chi connectivity index (χ3v) is 4.02. The van der Waals surface area contributed by atoms with Gasteiger partial charge >= 0.3 is 0 Å². The highest BCUT2D eigenvalue weighted by molar-refractivity contribution is 4.92. The van der Waals surface area contributed by atoms with Crippen LogP contribution in [0.1, 0.15) is 38.5 Å². The molecule has 1 aliphatic heterocycles. The monoisotopic (exact) mass is 214 g/mol. The van der Waals surface area contributed by atoms with Crippen LogP contribution in [0.2, 0.25) is 0 Å². The van der Waals surface area contributed by atoms with Crippen LogP contribution < -0.4 is 0 Å². The van der Waals surface area contributed by atoms with Crippen LogP contribution in [0.5, 0.6) is 0 Å². The standard InChI is InChI=1S/C12H22O3/c1-14-12(5-3-6-12)8-11(13)10-4-2-7-15-9-10/h10-11,13H,2-9H2,1H3. The molecule has 0 radical (unpaired) electrons. The van der Waals surface area contributed by atoms with Crippen LogP contribution >= 0.6 is 0 Å². The van der Waals surface area contributed by atoms with Crippen LogP contribution in [0.15, 0.2) is 0 Å². The second-order valence-electron chi connectivity index (χ2n) is 4.99. The smallest absolute Gasteiger partial charge is 0.0703 e. The van der Waals surface area contributed by atoms with Crippen LogP contribution in [-0.2, 0) is 9.47 Å². The van der Waals surface area contributed by atoms with Crippen molar-refractivity contribution in [3.8, 4) is 0 Å². The largest absolute Gasteiger partial charge is 0.393 e. The zero-order chi connectivity index (χ0) is 10.7.